The van der Waals surface area contributed by atoms with E-state index >= 15 is 0 Å². The molecule has 5 heteroatoms. The number of aromatic nitrogens is 1. The number of hydrogen-bond donors (Lipinski definition) is 0. The molecular formula is C11H7BrClNOS. The summed E-state index contributed by atoms with van der Waals surface area (Å²) in [6, 6.07) is 5.59. The van der Waals surface area contributed by atoms with Crippen molar-refractivity contribution in [3.8, 4) is 10.6 Å². The van der Waals surface area contributed by atoms with E-state index in [2.05, 4.69) is 20.9 Å². The second kappa shape index (κ2) is 4.65. The fourth-order valence-electron chi connectivity index (χ4n) is 1.22. The van der Waals surface area contributed by atoms with Gasteiger partial charge in [-0.25, -0.2) is 4.98 Å². The summed E-state index contributed by atoms with van der Waals surface area (Å²) in [7, 11) is 0. The minimum absolute atomic E-state index is 0.0317. The molecule has 0 bridgehead atoms. The quantitative estimate of drug-likeness (QED) is 0.767. The molecule has 0 aliphatic rings. The molecule has 2 rings (SSSR count). The first kappa shape index (κ1) is 11.8. The van der Waals surface area contributed by atoms with Crippen molar-refractivity contribution in [1.82, 2.24) is 4.98 Å². The lowest BCUT2D eigenvalue weighted by Crippen LogP contribution is -1.91. The molecule has 0 fully saturated rings. The summed E-state index contributed by atoms with van der Waals surface area (Å²) in [5.74, 6) is -0.0317. The third-order valence-corrected chi connectivity index (χ3v) is 3.71. The normalized spacial score (nSPS) is 10.4. The number of hydrogen-bond acceptors (Lipinski definition) is 3. The van der Waals surface area contributed by atoms with Crippen LogP contribution >= 0.6 is 38.9 Å². The van der Waals surface area contributed by atoms with Gasteiger partial charge in [0.15, 0.2) is 5.78 Å². The topological polar surface area (TPSA) is 30.0 Å². The van der Waals surface area contributed by atoms with Crippen LogP contribution in [0.5, 0.6) is 0 Å². The molecule has 1 aromatic heterocycles. The lowest BCUT2D eigenvalue weighted by Gasteiger charge is -2.00. The van der Waals surface area contributed by atoms with Crippen molar-refractivity contribution < 1.29 is 4.79 Å². The van der Waals surface area contributed by atoms with E-state index in [1.807, 2.05) is 18.2 Å². The molecule has 2 nitrogen and oxygen atoms in total. The highest BCUT2D eigenvalue weighted by Gasteiger charge is 2.10. The molecular weight excluding hydrogens is 310 g/mol. The Labute approximate surface area is 110 Å². The molecule has 0 atom stereocenters. The lowest BCUT2D eigenvalue weighted by molar-refractivity contribution is 0.101. The van der Waals surface area contributed by atoms with Gasteiger partial charge >= 0.3 is 0 Å². The maximum atomic E-state index is 11.1. The van der Waals surface area contributed by atoms with Crippen molar-refractivity contribution in [3.05, 3.63) is 38.8 Å². The van der Waals surface area contributed by atoms with Crippen molar-refractivity contribution >= 4 is 44.7 Å². The fourth-order valence-corrected chi connectivity index (χ4v) is 2.94. The predicted octanol–water partition coefficient (Wildman–Crippen LogP) is 4.43. The van der Waals surface area contributed by atoms with Crippen molar-refractivity contribution in [1.29, 1.82) is 0 Å². The van der Waals surface area contributed by atoms with Gasteiger partial charge < -0.3 is 0 Å². The van der Waals surface area contributed by atoms with Gasteiger partial charge in [-0.2, -0.15) is 0 Å². The number of thiazole rings is 1. The van der Waals surface area contributed by atoms with Crippen LogP contribution in [-0.4, -0.2) is 10.8 Å². The summed E-state index contributed by atoms with van der Waals surface area (Å²) in [5.41, 5.74) is 1.33. The van der Waals surface area contributed by atoms with Gasteiger partial charge in [-0.05, 0) is 18.2 Å². The Morgan fingerprint density at radius 3 is 2.81 bits per heavy atom. The van der Waals surface area contributed by atoms with Crippen molar-refractivity contribution in [3.63, 3.8) is 0 Å². The van der Waals surface area contributed by atoms with Gasteiger partial charge in [0.2, 0.25) is 0 Å². The number of benzene rings is 1. The number of ketones is 1. The lowest BCUT2D eigenvalue weighted by atomic mass is 10.2. The first-order valence-corrected chi connectivity index (χ1v) is 6.55. The SMILES string of the molecule is CC(=O)c1csc(-c2ccc(Br)cc2Cl)n1. The Balaban J connectivity index is 2.46. The predicted molar refractivity (Wildman–Crippen MR) is 70.3 cm³/mol. The molecule has 1 heterocycles. The molecule has 0 amide bonds. The molecule has 82 valence electrons. The zero-order valence-electron chi connectivity index (χ0n) is 8.33. The van der Waals surface area contributed by atoms with E-state index in [1.54, 1.807) is 5.38 Å². The highest BCUT2D eigenvalue weighted by molar-refractivity contribution is 9.10. The molecule has 0 saturated heterocycles. The van der Waals surface area contributed by atoms with Gasteiger partial charge in [-0.3, -0.25) is 4.79 Å². The first-order chi connectivity index (χ1) is 7.58. The molecule has 0 saturated carbocycles. The summed E-state index contributed by atoms with van der Waals surface area (Å²) < 4.78 is 0.921. The van der Waals surface area contributed by atoms with Crippen molar-refractivity contribution in [2.75, 3.05) is 0 Å². The number of rotatable bonds is 2. The van der Waals surface area contributed by atoms with E-state index in [0.29, 0.717) is 10.7 Å². The van der Waals surface area contributed by atoms with Gasteiger partial charge in [0, 0.05) is 22.3 Å². The van der Waals surface area contributed by atoms with E-state index in [0.717, 1.165) is 15.0 Å². The molecule has 0 radical (unpaired) electrons. The number of nitrogens with zero attached hydrogens (tertiary/aromatic N) is 1. The summed E-state index contributed by atoms with van der Waals surface area (Å²) in [5, 5.41) is 3.14. The summed E-state index contributed by atoms with van der Waals surface area (Å²) in [6.07, 6.45) is 0. The summed E-state index contributed by atoms with van der Waals surface area (Å²) in [4.78, 5) is 15.4. The minimum atomic E-state index is -0.0317. The Hall–Kier alpha value is -0.710. The maximum absolute atomic E-state index is 11.1. The van der Waals surface area contributed by atoms with E-state index in [-0.39, 0.29) is 5.78 Å². The zero-order chi connectivity index (χ0) is 11.7. The van der Waals surface area contributed by atoms with E-state index < -0.39 is 0 Å². The monoisotopic (exact) mass is 315 g/mol. The molecule has 0 aliphatic carbocycles. The number of Topliss-reactive ketones (excluding diaryl/α,β-unsaturated/α-hetero) is 1. The third kappa shape index (κ3) is 2.34. The highest BCUT2D eigenvalue weighted by Crippen LogP contribution is 2.32. The average Bonchev–Trinajstić information content (AvgIpc) is 2.66. The van der Waals surface area contributed by atoms with E-state index in [1.165, 1.54) is 18.3 Å². The number of carbonyl (C=O) groups is 1. The van der Waals surface area contributed by atoms with Gasteiger partial charge in [0.25, 0.3) is 0 Å². The van der Waals surface area contributed by atoms with Crippen LogP contribution in [0.4, 0.5) is 0 Å². The third-order valence-electron chi connectivity index (χ3n) is 2.03. The van der Waals surface area contributed by atoms with Crippen LogP contribution in [0.15, 0.2) is 28.1 Å². The second-order valence-corrected chi connectivity index (χ2v) is 5.40. The van der Waals surface area contributed by atoms with Crippen molar-refractivity contribution in [2.24, 2.45) is 0 Å². The first-order valence-electron chi connectivity index (χ1n) is 4.50. The van der Waals surface area contributed by atoms with E-state index in [4.69, 9.17) is 11.6 Å². The van der Waals surface area contributed by atoms with Gasteiger partial charge in [0.1, 0.15) is 10.7 Å². The zero-order valence-corrected chi connectivity index (χ0v) is 11.5. The Morgan fingerprint density at radius 2 is 2.25 bits per heavy atom. The Morgan fingerprint density at radius 1 is 1.50 bits per heavy atom. The van der Waals surface area contributed by atoms with Crippen LogP contribution in [0.3, 0.4) is 0 Å². The standard InChI is InChI=1S/C11H7BrClNOS/c1-6(15)10-5-16-11(14-10)8-3-2-7(12)4-9(8)13/h2-5H,1H3. The van der Waals surface area contributed by atoms with Crippen LogP contribution in [0.25, 0.3) is 10.6 Å². The molecule has 0 N–H and O–H groups in total. The largest absolute Gasteiger partial charge is 0.293 e. The smallest absolute Gasteiger partial charge is 0.178 e. The molecule has 2 aromatic rings. The molecule has 0 aliphatic heterocycles. The number of halogens is 2. The van der Waals surface area contributed by atoms with Crippen LogP contribution < -0.4 is 0 Å². The second-order valence-electron chi connectivity index (χ2n) is 3.22. The van der Waals surface area contributed by atoms with Crippen LogP contribution in [0.1, 0.15) is 17.4 Å². The average molecular weight is 317 g/mol. The Kier molecular flexibility index (Phi) is 3.42. The van der Waals surface area contributed by atoms with Crippen LogP contribution in [-0.2, 0) is 0 Å². The molecule has 0 unspecified atom stereocenters. The van der Waals surface area contributed by atoms with Crippen LogP contribution in [0, 0.1) is 0 Å². The molecule has 16 heavy (non-hydrogen) atoms. The minimum Gasteiger partial charge on any atom is -0.293 e. The molecule has 1 aromatic carbocycles. The van der Waals surface area contributed by atoms with Crippen LogP contribution in [0.2, 0.25) is 5.02 Å². The summed E-state index contributed by atoms with van der Waals surface area (Å²) in [6.45, 7) is 1.50. The fraction of sp³-hybridized carbons (Fsp3) is 0.0909. The van der Waals surface area contributed by atoms with Crippen molar-refractivity contribution in [2.45, 2.75) is 6.92 Å². The summed E-state index contributed by atoms with van der Waals surface area (Å²) >= 11 is 10.9. The van der Waals surface area contributed by atoms with Gasteiger partial charge in [0.05, 0.1) is 5.02 Å². The number of carbonyl (C=O) groups excluding carboxylic acids is 1. The highest BCUT2D eigenvalue weighted by atomic mass is 79.9. The van der Waals surface area contributed by atoms with Gasteiger partial charge in [-0.1, -0.05) is 27.5 Å². The molecule has 0 spiro atoms. The maximum Gasteiger partial charge on any atom is 0.178 e. The van der Waals surface area contributed by atoms with E-state index in [9.17, 15) is 4.79 Å². The Bertz CT molecular complexity index is 553. The van der Waals surface area contributed by atoms with Gasteiger partial charge in [-0.15, -0.1) is 11.3 Å².